The van der Waals surface area contributed by atoms with Crippen LogP contribution in [0.25, 0.3) is 0 Å². The molecule has 0 spiro atoms. The molecule has 0 atom stereocenters. The highest BCUT2D eigenvalue weighted by Gasteiger charge is 2.07. The number of aliphatic hydroxyl groups excluding tert-OH is 1. The van der Waals surface area contributed by atoms with Crippen LogP contribution in [0.1, 0.15) is 11.1 Å². The third kappa shape index (κ3) is 2.63. The Hall–Kier alpha value is -1.22. The standard InChI is InChI=1S/C12H19NO2/c1-9-7-11(13(3)5-6-14)8-10(2)12(9)15-4/h7-8,14H,5-6H2,1-4H3. The number of ether oxygens (including phenoxy) is 1. The first-order valence-corrected chi connectivity index (χ1v) is 5.07. The second-order valence-corrected chi connectivity index (χ2v) is 3.76. The second-order valence-electron chi connectivity index (χ2n) is 3.76. The number of methoxy groups -OCH3 is 1. The lowest BCUT2D eigenvalue weighted by atomic mass is 10.1. The topological polar surface area (TPSA) is 32.7 Å². The summed E-state index contributed by atoms with van der Waals surface area (Å²) >= 11 is 0. The summed E-state index contributed by atoms with van der Waals surface area (Å²) < 4.78 is 5.30. The van der Waals surface area contributed by atoms with E-state index in [-0.39, 0.29) is 6.61 Å². The zero-order valence-corrected chi connectivity index (χ0v) is 9.87. The molecule has 1 N–H and O–H groups in total. The Balaban J connectivity index is 3.02. The highest BCUT2D eigenvalue weighted by Crippen LogP contribution is 2.28. The van der Waals surface area contributed by atoms with E-state index in [4.69, 9.17) is 9.84 Å². The zero-order chi connectivity index (χ0) is 11.4. The van der Waals surface area contributed by atoms with E-state index in [1.165, 1.54) is 0 Å². The average Bonchev–Trinajstić information content (AvgIpc) is 2.17. The number of hydrogen-bond donors (Lipinski definition) is 1. The Morgan fingerprint density at radius 2 is 1.80 bits per heavy atom. The van der Waals surface area contributed by atoms with Gasteiger partial charge in [-0.05, 0) is 37.1 Å². The average molecular weight is 209 g/mol. The maximum absolute atomic E-state index is 8.87. The van der Waals surface area contributed by atoms with Gasteiger partial charge in [0.15, 0.2) is 0 Å². The highest BCUT2D eigenvalue weighted by molar-refractivity contribution is 5.56. The molecule has 1 aromatic carbocycles. The molecule has 0 bridgehead atoms. The predicted octanol–water partition coefficient (Wildman–Crippen LogP) is 1.74. The molecule has 0 aromatic heterocycles. The molecule has 0 saturated heterocycles. The summed E-state index contributed by atoms with van der Waals surface area (Å²) in [5, 5.41) is 8.87. The molecule has 0 fully saturated rings. The van der Waals surface area contributed by atoms with E-state index in [9.17, 15) is 0 Å². The minimum atomic E-state index is 0.167. The second kappa shape index (κ2) is 5.03. The summed E-state index contributed by atoms with van der Waals surface area (Å²) in [6.45, 7) is 4.87. The number of aliphatic hydroxyl groups is 1. The fraction of sp³-hybridized carbons (Fsp3) is 0.500. The van der Waals surface area contributed by atoms with Crippen molar-refractivity contribution in [2.75, 3.05) is 32.2 Å². The smallest absolute Gasteiger partial charge is 0.124 e. The maximum Gasteiger partial charge on any atom is 0.124 e. The summed E-state index contributed by atoms with van der Waals surface area (Å²) in [6.07, 6.45) is 0. The molecule has 84 valence electrons. The van der Waals surface area contributed by atoms with Gasteiger partial charge in [-0.2, -0.15) is 0 Å². The molecular formula is C12H19NO2. The number of aryl methyl sites for hydroxylation is 2. The Morgan fingerprint density at radius 3 is 2.20 bits per heavy atom. The van der Waals surface area contributed by atoms with Crippen LogP contribution in [-0.4, -0.2) is 32.4 Å². The van der Waals surface area contributed by atoms with E-state index < -0.39 is 0 Å². The number of hydrogen-bond acceptors (Lipinski definition) is 3. The molecule has 1 aromatic rings. The van der Waals surface area contributed by atoms with E-state index >= 15 is 0 Å². The fourth-order valence-electron chi connectivity index (χ4n) is 1.75. The third-order valence-electron chi connectivity index (χ3n) is 2.53. The molecule has 0 aliphatic carbocycles. The van der Waals surface area contributed by atoms with Gasteiger partial charge >= 0.3 is 0 Å². The normalized spacial score (nSPS) is 10.2. The van der Waals surface area contributed by atoms with Crippen molar-refractivity contribution in [3.05, 3.63) is 23.3 Å². The van der Waals surface area contributed by atoms with Crippen molar-refractivity contribution >= 4 is 5.69 Å². The first-order valence-electron chi connectivity index (χ1n) is 5.07. The fourth-order valence-corrected chi connectivity index (χ4v) is 1.75. The van der Waals surface area contributed by atoms with Crippen LogP contribution in [-0.2, 0) is 0 Å². The Kier molecular flexibility index (Phi) is 3.97. The van der Waals surface area contributed by atoms with Crippen LogP contribution < -0.4 is 9.64 Å². The van der Waals surface area contributed by atoms with Gasteiger partial charge in [0, 0.05) is 19.3 Å². The summed E-state index contributed by atoms with van der Waals surface area (Å²) in [5.41, 5.74) is 3.36. The van der Waals surface area contributed by atoms with Crippen molar-refractivity contribution in [3.8, 4) is 5.75 Å². The summed E-state index contributed by atoms with van der Waals surface area (Å²) in [5.74, 6) is 0.941. The van der Waals surface area contributed by atoms with Crippen LogP contribution in [0.4, 0.5) is 5.69 Å². The quantitative estimate of drug-likeness (QED) is 0.820. The van der Waals surface area contributed by atoms with Gasteiger partial charge in [0.05, 0.1) is 13.7 Å². The van der Waals surface area contributed by atoms with Gasteiger partial charge in [-0.25, -0.2) is 0 Å². The molecule has 15 heavy (non-hydrogen) atoms. The number of likely N-dealkylation sites (N-methyl/N-ethyl adjacent to an activating group) is 1. The molecule has 0 radical (unpaired) electrons. The molecule has 0 aliphatic heterocycles. The number of nitrogens with zero attached hydrogens (tertiary/aromatic N) is 1. The minimum absolute atomic E-state index is 0.167. The molecule has 3 heteroatoms. The van der Waals surface area contributed by atoms with Crippen LogP contribution in [0, 0.1) is 13.8 Å². The van der Waals surface area contributed by atoms with Crippen LogP contribution >= 0.6 is 0 Å². The lowest BCUT2D eigenvalue weighted by molar-refractivity contribution is 0.304. The van der Waals surface area contributed by atoms with Gasteiger partial charge in [-0.15, -0.1) is 0 Å². The SMILES string of the molecule is COc1c(C)cc(N(C)CCO)cc1C. The Labute approximate surface area is 91.3 Å². The molecule has 0 heterocycles. The van der Waals surface area contributed by atoms with Crippen LogP contribution in [0.15, 0.2) is 12.1 Å². The summed E-state index contributed by atoms with van der Waals surface area (Å²) in [7, 11) is 3.66. The van der Waals surface area contributed by atoms with E-state index in [0.29, 0.717) is 6.54 Å². The molecular weight excluding hydrogens is 190 g/mol. The van der Waals surface area contributed by atoms with Crippen LogP contribution in [0.2, 0.25) is 0 Å². The number of rotatable bonds is 4. The van der Waals surface area contributed by atoms with Gasteiger partial charge in [0.25, 0.3) is 0 Å². The van der Waals surface area contributed by atoms with Gasteiger partial charge < -0.3 is 14.7 Å². The number of benzene rings is 1. The van der Waals surface area contributed by atoms with E-state index in [2.05, 4.69) is 12.1 Å². The highest BCUT2D eigenvalue weighted by atomic mass is 16.5. The maximum atomic E-state index is 8.87. The van der Waals surface area contributed by atoms with Crippen molar-refractivity contribution in [1.82, 2.24) is 0 Å². The zero-order valence-electron chi connectivity index (χ0n) is 9.87. The summed E-state index contributed by atoms with van der Waals surface area (Å²) in [4.78, 5) is 2.03. The largest absolute Gasteiger partial charge is 0.496 e. The van der Waals surface area contributed by atoms with Gasteiger partial charge in [0.2, 0.25) is 0 Å². The third-order valence-corrected chi connectivity index (χ3v) is 2.53. The monoisotopic (exact) mass is 209 g/mol. The van der Waals surface area contributed by atoms with Crippen molar-refractivity contribution in [1.29, 1.82) is 0 Å². The lowest BCUT2D eigenvalue weighted by Gasteiger charge is -2.20. The lowest BCUT2D eigenvalue weighted by Crippen LogP contribution is -2.21. The Bertz CT molecular complexity index is 313. The molecule has 0 aliphatic rings. The molecule has 1 rings (SSSR count). The van der Waals surface area contributed by atoms with E-state index in [0.717, 1.165) is 22.6 Å². The van der Waals surface area contributed by atoms with Crippen molar-refractivity contribution in [2.45, 2.75) is 13.8 Å². The van der Waals surface area contributed by atoms with Crippen LogP contribution in [0.3, 0.4) is 0 Å². The molecule has 0 saturated carbocycles. The van der Waals surface area contributed by atoms with E-state index in [1.807, 2.05) is 25.8 Å². The first kappa shape index (κ1) is 11.9. The van der Waals surface area contributed by atoms with Gasteiger partial charge in [0.1, 0.15) is 5.75 Å². The minimum Gasteiger partial charge on any atom is -0.496 e. The van der Waals surface area contributed by atoms with Gasteiger partial charge in [-0.1, -0.05) is 0 Å². The first-order chi connectivity index (χ1) is 7.10. The van der Waals surface area contributed by atoms with Crippen molar-refractivity contribution in [3.63, 3.8) is 0 Å². The predicted molar refractivity (Wildman–Crippen MR) is 62.8 cm³/mol. The number of anilines is 1. The van der Waals surface area contributed by atoms with Crippen LogP contribution in [0.5, 0.6) is 5.75 Å². The van der Waals surface area contributed by atoms with Crippen molar-refractivity contribution in [2.24, 2.45) is 0 Å². The molecule has 0 amide bonds. The molecule has 3 nitrogen and oxygen atoms in total. The molecule has 0 unspecified atom stereocenters. The van der Waals surface area contributed by atoms with E-state index in [1.54, 1.807) is 7.11 Å². The van der Waals surface area contributed by atoms with Gasteiger partial charge in [-0.3, -0.25) is 0 Å². The Morgan fingerprint density at radius 1 is 1.27 bits per heavy atom. The summed E-state index contributed by atoms with van der Waals surface area (Å²) in [6, 6.07) is 4.14. The van der Waals surface area contributed by atoms with Crippen molar-refractivity contribution < 1.29 is 9.84 Å².